The molecule has 2 aromatic heterocycles. The molecule has 0 fully saturated rings. The maximum absolute atomic E-state index is 12.4. The summed E-state index contributed by atoms with van der Waals surface area (Å²) in [5, 5.41) is 4.51. The Bertz CT molecular complexity index is 770. The molecule has 24 heavy (non-hydrogen) atoms. The smallest absolute Gasteiger partial charge is 0.250 e. The molecule has 0 saturated heterocycles. The van der Waals surface area contributed by atoms with Gasteiger partial charge in [-0.15, -0.1) is 22.7 Å². The molecule has 2 aromatic rings. The van der Waals surface area contributed by atoms with E-state index in [9.17, 15) is 13.2 Å². The molecule has 0 aliphatic rings. The van der Waals surface area contributed by atoms with Gasteiger partial charge in [0.25, 0.3) is 10.0 Å². The van der Waals surface area contributed by atoms with E-state index in [-0.39, 0.29) is 16.0 Å². The predicted molar refractivity (Wildman–Crippen MR) is 102 cm³/mol. The first-order valence-corrected chi connectivity index (χ1v) is 11.3. The Morgan fingerprint density at radius 1 is 1.29 bits per heavy atom. The Morgan fingerprint density at radius 3 is 2.58 bits per heavy atom. The zero-order valence-corrected chi connectivity index (χ0v) is 17.3. The molecule has 1 amide bonds. The number of thiophene rings is 2. The normalized spacial score (nSPS) is 13.2. The van der Waals surface area contributed by atoms with Crippen LogP contribution in [0.1, 0.15) is 18.7 Å². The number of hydrogen-bond donors (Lipinski definition) is 2. The van der Waals surface area contributed by atoms with Crippen LogP contribution in [0.15, 0.2) is 37.6 Å². The fourth-order valence-corrected chi connectivity index (χ4v) is 5.88. The van der Waals surface area contributed by atoms with Gasteiger partial charge >= 0.3 is 0 Å². The topological polar surface area (TPSA) is 75.3 Å². The second-order valence-electron chi connectivity index (χ2n) is 5.52. The monoisotopic (exact) mass is 450 g/mol. The summed E-state index contributed by atoms with van der Waals surface area (Å²) < 4.78 is 28.4. The van der Waals surface area contributed by atoms with Gasteiger partial charge in [0.05, 0.1) is 3.79 Å². The zero-order chi connectivity index (χ0) is 17.7. The molecular formula is C15H19BrN2O3S3. The van der Waals surface area contributed by atoms with Gasteiger partial charge in [-0.25, -0.2) is 8.42 Å². The van der Waals surface area contributed by atoms with Crippen molar-refractivity contribution < 1.29 is 13.2 Å². The Labute approximate surface area is 158 Å². The summed E-state index contributed by atoms with van der Waals surface area (Å²) >= 11 is 6.15. The van der Waals surface area contributed by atoms with E-state index in [1.165, 1.54) is 6.07 Å². The van der Waals surface area contributed by atoms with Crippen molar-refractivity contribution in [3.63, 3.8) is 0 Å². The van der Waals surface area contributed by atoms with Gasteiger partial charge in [0, 0.05) is 11.4 Å². The average molecular weight is 451 g/mol. The van der Waals surface area contributed by atoms with Crippen LogP contribution in [0.25, 0.3) is 0 Å². The van der Waals surface area contributed by atoms with Crippen molar-refractivity contribution in [3.8, 4) is 0 Å². The summed E-state index contributed by atoms with van der Waals surface area (Å²) in [6, 6.07) is 6.36. The molecule has 2 N–H and O–H groups in total. The molecule has 2 heterocycles. The number of carbonyl (C=O) groups is 1. The van der Waals surface area contributed by atoms with Crippen LogP contribution in [-0.2, 0) is 21.2 Å². The van der Waals surface area contributed by atoms with Crippen molar-refractivity contribution in [2.24, 2.45) is 5.92 Å². The number of nitrogens with one attached hydrogen (secondary N) is 2. The molecule has 5 nitrogen and oxygen atoms in total. The number of halogens is 1. The molecule has 2 rings (SSSR count). The Morgan fingerprint density at radius 2 is 2.04 bits per heavy atom. The summed E-state index contributed by atoms with van der Waals surface area (Å²) in [5.74, 6) is -0.462. The first-order chi connectivity index (χ1) is 11.3. The molecule has 132 valence electrons. The van der Waals surface area contributed by atoms with Crippen molar-refractivity contribution in [2.45, 2.75) is 30.5 Å². The third-order valence-corrected chi connectivity index (χ3v) is 7.81. The Kier molecular flexibility index (Phi) is 6.99. The lowest BCUT2D eigenvalue weighted by atomic mass is 10.1. The highest BCUT2D eigenvalue weighted by Crippen LogP contribution is 2.22. The van der Waals surface area contributed by atoms with Crippen LogP contribution in [0.5, 0.6) is 0 Å². The molecule has 0 radical (unpaired) electrons. The molecule has 0 unspecified atom stereocenters. The summed E-state index contributed by atoms with van der Waals surface area (Å²) in [5.41, 5.74) is 0. The minimum atomic E-state index is -3.68. The van der Waals surface area contributed by atoms with E-state index < -0.39 is 16.1 Å². The van der Waals surface area contributed by atoms with Crippen LogP contribution in [0.3, 0.4) is 0 Å². The van der Waals surface area contributed by atoms with E-state index >= 15 is 0 Å². The van der Waals surface area contributed by atoms with E-state index in [1.807, 2.05) is 26.0 Å². The lowest BCUT2D eigenvalue weighted by Gasteiger charge is -2.21. The lowest BCUT2D eigenvalue weighted by Crippen LogP contribution is -2.49. The molecule has 0 aliphatic heterocycles. The van der Waals surface area contributed by atoms with Gasteiger partial charge in [-0.05, 0) is 51.8 Å². The molecule has 0 spiro atoms. The second kappa shape index (κ2) is 8.57. The number of rotatable bonds is 8. The Hall–Kier alpha value is -0.740. The fraction of sp³-hybridized carbons (Fsp3) is 0.400. The summed E-state index contributed by atoms with van der Waals surface area (Å²) in [4.78, 5) is 13.5. The van der Waals surface area contributed by atoms with Crippen molar-refractivity contribution in [1.82, 2.24) is 10.0 Å². The van der Waals surface area contributed by atoms with Crippen LogP contribution >= 0.6 is 38.6 Å². The molecule has 0 bridgehead atoms. The molecule has 0 saturated carbocycles. The highest BCUT2D eigenvalue weighted by atomic mass is 79.9. The summed E-state index contributed by atoms with van der Waals surface area (Å²) in [7, 11) is -3.68. The number of carbonyl (C=O) groups excluding carboxylic acids is 1. The maximum Gasteiger partial charge on any atom is 0.250 e. The molecule has 0 aliphatic carbocycles. The van der Waals surface area contributed by atoms with E-state index in [0.29, 0.717) is 13.0 Å². The van der Waals surface area contributed by atoms with Crippen LogP contribution in [0.2, 0.25) is 0 Å². The number of hydrogen-bond acceptors (Lipinski definition) is 5. The molecule has 0 aromatic carbocycles. The fourth-order valence-electron chi connectivity index (χ4n) is 2.04. The van der Waals surface area contributed by atoms with Gasteiger partial charge < -0.3 is 5.32 Å². The van der Waals surface area contributed by atoms with Gasteiger partial charge in [0.1, 0.15) is 10.3 Å². The highest BCUT2D eigenvalue weighted by Gasteiger charge is 2.28. The van der Waals surface area contributed by atoms with Crippen LogP contribution in [0, 0.1) is 5.92 Å². The second-order valence-corrected chi connectivity index (χ2v) is 11.0. The molecule has 1 atom stereocenters. The van der Waals surface area contributed by atoms with E-state index in [4.69, 9.17) is 0 Å². The average Bonchev–Trinajstić information content (AvgIpc) is 3.16. The van der Waals surface area contributed by atoms with Crippen molar-refractivity contribution >= 4 is 54.5 Å². The van der Waals surface area contributed by atoms with Gasteiger partial charge in [0.15, 0.2) is 0 Å². The van der Waals surface area contributed by atoms with Crippen LogP contribution in [-0.4, -0.2) is 26.9 Å². The van der Waals surface area contributed by atoms with Gasteiger partial charge in [0.2, 0.25) is 5.91 Å². The van der Waals surface area contributed by atoms with E-state index in [2.05, 4.69) is 26.0 Å². The zero-order valence-electron chi connectivity index (χ0n) is 13.3. The van der Waals surface area contributed by atoms with Gasteiger partial charge in [-0.3, -0.25) is 4.79 Å². The third-order valence-electron chi connectivity index (χ3n) is 3.29. The minimum Gasteiger partial charge on any atom is -0.354 e. The first kappa shape index (κ1) is 19.6. The summed E-state index contributed by atoms with van der Waals surface area (Å²) in [6.07, 6.45) is 0.713. The predicted octanol–water partition coefficient (Wildman–Crippen LogP) is 3.23. The SMILES string of the molecule is CC(C)[C@@H](NS(=O)(=O)c1cccs1)C(=O)NCCc1ccc(Br)s1. The maximum atomic E-state index is 12.4. The van der Waals surface area contributed by atoms with Crippen LogP contribution < -0.4 is 10.0 Å². The van der Waals surface area contributed by atoms with Crippen LogP contribution in [0.4, 0.5) is 0 Å². The van der Waals surface area contributed by atoms with Crippen molar-refractivity contribution in [3.05, 3.63) is 38.3 Å². The quantitative estimate of drug-likeness (QED) is 0.647. The standard InChI is InChI=1S/C15H19BrN2O3S3/c1-10(2)14(18-24(20,21)13-4-3-9-22-13)15(19)17-8-7-11-5-6-12(16)23-11/h3-6,9-10,14,18H,7-8H2,1-2H3,(H,17,19)/t14-/m1/s1. The van der Waals surface area contributed by atoms with Gasteiger partial charge in [-0.1, -0.05) is 19.9 Å². The minimum absolute atomic E-state index is 0.157. The van der Waals surface area contributed by atoms with Gasteiger partial charge in [-0.2, -0.15) is 4.72 Å². The Balaban J connectivity index is 1.95. The van der Waals surface area contributed by atoms with Crippen molar-refractivity contribution in [2.75, 3.05) is 6.54 Å². The number of amides is 1. The number of sulfonamides is 1. The van der Waals surface area contributed by atoms with E-state index in [0.717, 1.165) is 20.0 Å². The van der Waals surface area contributed by atoms with Crippen molar-refractivity contribution in [1.29, 1.82) is 0 Å². The third kappa shape index (κ3) is 5.38. The largest absolute Gasteiger partial charge is 0.354 e. The molecular weight excluding hydrogens is 432 g/mol. The summed E-state index contributed by atoms with van der Waals surface area (Å²) in [6.45, 7) is 4.10. The highest BCUT2D eigenvalue weighted by molar-refractivity contribution is 9.11. The van der Waals surface area contributed by atoms with E-state index in [1.54, 1.807) is 22.8 Å². The molecule has 9 heteroatoms. The first-order valence-electron chi connectivity index (χ1n) is 7.37. The lowest BCUT2D eigenvalue weighted by molar-refractivity contribution is -0.123.